The number of halogens is 1. The first-order valence-electron chi connectivity index (χ1n) is 9.66. The number of amides is 1. The Morgan fingerprint density at radius 1 is 1.13 bits per heavy atom. The van der Waals surface area contributed by atoms with Gasteiger partial charge >= 0.3 is 0 Å². The fourth-order valence-corrected chi connectivity index (χ4v) is 4.50. The highest BCUT2D eigenvalue weighted by Gasteiger charge is 2.16. The number of carbonyl (C=O) groups excluding carboxylic acids is 1. The molecule has 4 rings (SSSR count). The van der Waals surface area contributed by atoms with Gasteiger partial charge in [-0.15, -0.1) is 11.3 Å². The molecule has 0 bridgehead atoms. The molecule has 1 N–H and O–H groups in total. The maximum absolute atomic E-state index is 12.7. The van der Waals surface area contributed by atoms with Gasteiger partial charge in [-0.05, 0) is 54.8 Å². The molecule has 7 heteroatoms. The molecule has 0 fully saturated rings. The Kier molecular flexibility index (Phi) is 6.06. The lowest BCUT2D eigenvalue weighted by Crippen LogP contribution is -2.24. The summed E-state index contributed by atoms with van der Waals surface area (Å²) >= 11 is 7.45. The van der Waals surface area contributed by atoms with Crippen LogP contribution in [0.2, 0.25) is 5.02 Å². The zero-order valence-corrected chi connectivity index (χ0v) is 18.4. The molecule has 2 aromatic heterocycles. The Morgan fingerprint density at radius 3 is 2.53 bits per heavy atom. The Bertz CT molecular complexity index is 1160. The van der Waals surface area contributed by atoms with E-state index in [1.165, 1.54) is 11.3 Å². The Labute approximate surface area is 184 Å². The molecule has 2 aromatic carbocycles. The first-order valence-corrected chi connectivity index (χ1v) is 10.9. The summed E-state index contributed by atoms with van der Waals surface area (Å²) < 4.78 is 7.12. The van der Waals surface area contributed by atoms with E-state index < -0.39 is 0 Å². The number of aromatic nitrogens is 2. The van der Waals surface area contributed by atoms with Crippen LogP contribution in [-0.2, 0) is 13.0 Å². The highest BCUT2D eigenvalue weighted by molar-refractivity contribution is 7.20. The van der Waals surface area contributed by atoms with Crippen LogP contribution in [0, 0.1) is 6.92 Å². The average molecular weight is 440 g/mol. The van der Waals surface area contributed by atoms with Crippen molar-refractivity contribution in [2.24, 2.45) is 0 Å². The fraction of sp³-hybridized carbons (Fsp3) is 0.217. The highest BCUT2D eigenvalue weighted by atomic mass is 35.5. The summed E-state index contributed by atoms with van der Waals surface area (Å²) in [6.07, 6.45) is 0.768. The van der Waals surface area contributed by atoms with Crippen LogP contribution in [0.1, 0.15) is 26.5 Å². The van der Waals surface area contributed by atoms with Gasteiger partial charge in [0.15, 0.2) is 0 Å². The number of hydrogen-bond acceptors (Lipinski definition) is 4. The van der Waals surface area contributed by atoms with Gasteiger partial charge in [0.25, 0.3) is 5.91 Å². The monoisotopic (exact) mass is 439 g/mol. The van der Waals surface area contributed by atoms with Crippen molar-refractivity contribution in [1.82, 2.24) is 15.1 Å². The molecular formula is C23H22ClN3O2S. The Balaban J connectivity index is 1.43. The van der Waals surface area contributed by atoms with Crippen molar-refractivity contribution in [3.05, 3.63) is 81.3 Å². The third kappa shape index (κ3) is 4.50. The third-order valence-electron chi connectivity index (χ3n) is 4.94. The predicted molar refractivity (Wildman–Crippen MR) is 122 cm³/mol. The van der Waals surface area contributed by atoms with Crippen LogP contribution in [0.5, 0.6) is 5.75 Å². The van der Waals surface area contributed by atoms with E-state index in [4.69, 9.17) is 16.3 Å². The molecule has 4 aromatic rings. The maximum Gasteiger partial charge on any atom is 0.261 e. The first kappa shape index (κ1) is 20.4. The third-order valence-corrected chi connectivity index (χ3v) is 6.33. The molecule has 0 aliphatic carbocycles. The topological polar surface area (TPSA) is 56.1 Å². The molecule has 5 nitrogen and oxygen atoms in total. The molecule has 0 saturated heterocycles. The van der Waals surface area contributed by atoms with Crippen LogP contribution < -0.4 is 10.1 Å². The van der Waals surface area contributed by atoms with Crippen LogP contribution in [-0.4, -0.2) is 29.3 Å². The number of nitrogens with one attached hydrogen (secondary N) is 1. The summed E-state index contributed by atoms with van der Waals surface area (Å²) in [7, 11) is 1.65. The number of thiophene rings is 1. The summed E-state index contributed by atoms with van der Waals surface area (Å²) in [6.45, 7) is 3.19. The van der Waals surface area contributed by atoms with E-state index in [0.29, 0.717) is 23.0 Å². The smallest absolute Gasteiger partial charge is 0.261 e. The van der Waals surface area contributed by atoms with Crippen LogP contribution >= 0.6 is 22.9 Å². The van der Waals surface area contributed by atoms with E-state index in [2.05, 4.69) is 10.4 Å². The van der Waals surface area contributed by atoms with E-state index in [1.807, 2.05) is 66.2 Å². The molecule has 0 radical (unpaired) electrons. The second-order valence-electron chi connectivity index (χ2n) is 7.05. The number of fused-ring (bicyclic) bond motifs is 1. The van der Waals surface area contributed by atoms with Gasteiger partial charge in [-0.25, -0.2) is 0 Å². The number of aryl methyl sites for hydroxylation is 1. The molecule has 0 aliphatic rings. The van der Waals surface area contributed by atoms with Crippen molar-refractivity contribution >= 4 is 39.1 Å². The normalized spacial score (nSPS) is 11.0. The molecule has 0 unspecified atom stereocenters. The van der Waals surface area contributed by atoms with Crippen molar-refractivity contribution < 1.29 is 9.53 Å². The molecule has 154 valence electrons. The van der Waals surface area contributed by atoms with Gasteiger partial charge < -0.3 is 10.1 Å². The summed E-state index contributed by atoms with van der Waals surface area (Å²) in [5, 5.41) is 9.39. The van der Waals surface area contributed by atoms with Crippen molar-refractivity contribution in [3.63, 3.8) is 0 Å². The second kappa shape index (κ2) is 8.90. The number of carbonyl (C=O) groups is 1. The van der Waals surface area contributed by atoms with Gasteiger partial charge in [0.05, 0.1) is 24.2 Å². The molecular weight excluding hydrogens is 418 g/mol. The quantitative estimate of drug-likeness (QED) is 0.436. The molecule has 0 atom stereocenters. The van der Waals surface area contributed by atoms with E-state index >= 15 is 0 Å². The van der Waals surface area contributed by atoms with E-state index in [-0.39, 0.29) is 5.91 Å². The van der Waals surface area contributed by atoms with Crippen molar-refractivity contribution in [2.45, 2.75) is 19.9 Å². The van der Waals surface area contributed by atoms with E-state index in [1.54, 1.807) is 7.11 Å². The number of ether oxygens (including phenoxy) is 1. The average Bonchev–Trinajstić information content (AvgIpc) is 3.31. The SMILES string of the molecule is COc1ccc(CCNC(=O)c2cc3c(C)nn(Cc4ccc(Cl)cc4)c3s2)cc1. The summed E-state index contributed by atoms with van der Waals surface area (Å²) in [5.74, 6) is 0.776. The lowest BCUT2D eigenvalue weighted by Gasteiger charge is -2.05. The number of hydrogen-bond donors (Lipinski definition) is 1. The predicted octanol–water partition coefficient (Wildman–Crippen LogP) is 5.09. The minimum Gasteiger partial charge on any atom is -0.497 e. The van der Waals surface area contributed by atoms with Crippen LogP contribution in [0.15, 0.2) is 54.6 Å². The standard InChI is InChI=1S/C23H22ClN3O2S/c1-15-20-13-21(22(28)25-12-11-16-5-9-19(29-2)10-6-16)30-23(20)27(26-15)14-17-3-7-18(24)8-4-17/h3-10,13H,11-12,14H2,1-2H3,(H,25,28). The largest absolute Gasteiger partial charge is 0.497 e. The van der Waals surface area contributed by atoms with Crippen LogP contribution in [0.3, 0.4) is 0 Å². The zero-order valence-electron chi connectivity index (χ0n) is 16.8. The summed E-state index contributed by atoms with van der Waals surface area (Å²) in [4.78, 5) is 14.4. The van der Waals surface area contributed by atoms with Crippen LogP contribution in [0.25, 0.3) is 10.2 Å². The van der Waals surface area contributed by atoms with Gasteiger partial charge in [-0.1, -0.05) is 35.9 Å². The van der Waals surface area contributed by atoms with Crippen molar-refractivity contribution in [3.8, 4) is 5.75 Å². The maximum atomic E-state index is 12.7. The molecule has 0 saturated carbocycles. The zero-order chi connectivity index (χ0) is 21.1. The Hall–Kier alpha value is -2.83. The fourth-order valence-electron chi connectivity index (χ4n) is 3.29. The molecule has 0 spiro atoms. The Morgan fingerprint density at radius 2 is 1.83 bits per heavy atom. The first-order chi connectivity index (χ1) is 14.5. The molecule has 1 amide bonds. The minimum absolute atomic E-state index is 0.0536. The lowest BCUT2D eigenvalue weighted by atomic mass is 10.1. The number of benzene rings is 2. The van der Waals surface area contributed by atoms with Crippen molar-refractivity contribution in [1.29, 1.82) is 0 Å². The van der Waals surface area contributed by atoms with Gasteiger partial charge in [-0.2, -0.15) is 5.10 Å². The van der Waals surface area contributed by atoms with E-state index in [0.717, 1.165) is 39.2 Å². The summed E-state index contributed by atoms with van der Waals surface area (Å²) in [5.41, 5.74) is 3.19. The number of methoxy groups -OCH3 is 1. The second-order valence-corrected chi connectivity index (χ2v) is 8.52. The van der Waals surface area contributed by atoms with Gasteiger partial charge in [0, 0.05) is 17.0 Å². The summed E-state index contributed by atoms with van der Waals surface area (Å²) in [6, 6.07) is 17.6. The van der Waals surface area contributed by atoms with Crippen molar-refractivity contribution in [2.75, 3.05) is 13.7 Å². The van der Waals surface area contributed by atoms with Crippen LogP contribution in [0.4, 0.5) is 0 Å². The van der Waals surface area contributed by atoms with E-state index in [9.17, 15) is 4.79 Å². The van der Waals surface area contributed by atoms with Gasteiger partial charge in [0.2, 0.25) is 0 Å². The number of nitrogens with zero attached hydrogens (tertiary/aromatic N) is 2. The molecule has 30 heavy (non-hydrogen) atoms. The van der Waals surface area contributed by atoms with Gasteiger partial charge in [-0.3, -0.25) is 9.48 Å². The number of rotatable bonds is 7. The van der Waals surface area contributed by atoms with Gasteiger partial charge in [0.1, 0.15) is 10.6 Å². The minimum atomic E-state index is -0.0536. The highest BCUT2D eigenvalue weighted by Crippen LogP contribution is 2.29. The lowest BCUT2D eigenvalue weighted by molar-refractivity contribution is 0.0958. The molecule has 0 aliphatic heterocycles. The molecule has 2 heterocycles.